The van der Waals surface area contributed by atoms with Crippen LogP contribution in [0.3, 0.4) is 0 Å². The lowest BCUT2D eigenvalue weighted by Gasteiger charge is -2.25. The first-order valence-electron chi connectivity index (χ1n) is 9.02. The molecule has 1 aromatic heterocycles. The van der Waals surface area contributed by atoms with E-state index >= 15 is 0 Å². The number of rotatable bonds is 4. The van der Waals surface area contributed by atoms with Gasteiger partial charge in [-0.05, 0) is 68.4 Å². The van der Waals surface area contributed by atoms with Crippen molar-refractivity contribution in [1.29, 1.82) is 0 Å². The summed E-state index contributed by atoms with van der Waals surface area (Å²) in [5.74, 6) is 0. The Balaban J connectivity index is 1.71. The average molecular weight is 386 g/mol. The molecular weight excluding hydrogens is 365 g/mol. The maximum Gasteiger partial charge on any atom is 0.0775 e. The molecule has 1 saturated heterocycles. The van der Waals surface area contributed by atoms with Gasteiger partial charge in [-0.15, -0.1) is 0 Å². The van der Waals surface area contributed by atoms with Crippen LogP contribution in [0.2, 0.25) is 10.0 Å². The smallest absolute Gasteiger partial charge is 0.0775 e. The minimum absolute atomic E-state index is 0.725. The normalized spacial score (nSPS) is 15.3. The summed E-state index contributed by atoms with van der Waals surface area (Å²) in [4.78, 5) is 2.49. The summed E-state index contributed by atoms with van der Waals surface area (Å²) < 4.78 is 2.00. The fourth-order valence-corrected chi connectivity index (χ4v) is 3.71. The number of likely N-dealkylation sites (tertiary alicyclic amines) is 1. The molecule has 134 valence electrons. The molecule has 5 heteroatoms. The van der Waals surface area contributed by atoms with Gasteiger partial charge in [-0.2, -0.15) is 5.10 Å². The highest BCUT2D eigenvalue weighted by atomic mass is 35.5. The van der Waals surface area contributed by atoms with E-state index in [4.69, 9.17) is 28.3 Å². The first kappa shape index (κ1) is 17.6. The summed E-state index contributed by atoms with van der Waals surface area (Å²) in [5, 5.41) is 6.36. The van der Waals surface area contributed by atoms with E-state index in [0.29, 0.717) is 0 Å². The monoisotopic (exact) mass is 385 g/mol. The maximum atomic E-state index is 6.06. The first-order chi connectivity index (χ1) is 12.7. The molecule has 0 aliphatic carbocycles. The third-order valence-corrected chi connectivity index (χ3v) is 5.31. The van der Waals surface area contributed by atoms with Gasteiger partial charge >= 0.3 is 0 Å². The van der Waals surface area contributed by atoms with Gasteiger partial charge in [0.1, 0.15) is 0 Å². The first-order valence-corrected chi connectivity index (χ1v) is 9.78. The van der Waals surface area contributed by atoms with Crippen molar-refractivity contribution in [3.8, 4) is 16.9 Å². The number of hydrogen-bond acceptors (Lipinski definition) is 2. The van der Waals surface area contributed by atoms with Crippen LogP contribution in [-0.2, 0) is 6.54 Å². The van der Waals surface area contributed by atoms with Crippen LogP contribution < -0.4 is 0 Å². The second-order valence-corrected chi connectivity index (χ2v) is 7.63. The lowest BCUT2D eigenvalue weighted by molar-refractivity contribution is 0.218. The van der Waals surface area contributed by atoms with E-state index in [2.05, 4.69) is 11.0 Å². The van der Waals surface area contributed by atoms with Crippen molar-refractivity contribution >= 4 is 23.2 Å². The standard InChI is InChI=1S/C21H21Cl2N3/c22-17-6-4-16(5-7-17)21-14-19(15-25-12-2-1-3-13-25)24-26(21)20-10-8-18(23)9-11-20/h4-11,14H,1-3,12-13,15H2. The van der Waals surface area contributed by atoms with Gasteiger partial charge in [-0.25, -0.2) is 4.68 Å². The van der Waals surface area contributed by atoms with Crippen molar-refractivity contribution in [3.63, 3.8) is 0 Å². The van der Waals surface area contributed by atoms with E-state index in [9.17, 15) is 0 Å². The molecule has 3 aromatic rings. The SMILES string of the molecule is Clc1ccc(-c2cc(CN3CCCCC3)nn2-c2ccc(Cl)cc2)cc1. The zero-order valence-electron chi connectivity index (χ0n) is 14.5. The van der Waals surface area contributed by atoms with Crippen molar-refractivity contribution in [1.82, 2.24) is 14.7 Å². The molecule has 0 atom stereocenters. The number of benzene rings is 2. The molecule has 0 amide bonds. The van der Waals surface area contributed by atoms with Gasteiger partial charge in [0.25, 0.3) is 0 Å². The molecule has 0 unspecified atom stereocenters. The minimum Gasteiger partial charge on any atom is -0.297 e. The molecule has 0 radical (unpaired) electrons. The predicted octanol–water partition coefficient (Wildman–Crippen LogP) is 5.83. The quantitative estimate of drug-likeness (QED) is 0.562. The van der Waals surface area contributed by atoms with Crippen LogP contribution in [0.5, 0.6) is 0 Å². The highest BCUT2D eigenvalue weighted by Crippen LogP contribution is 2.27. The average Bonchev–Trinajstić information content (AvgIpc) is 3.07. The molecule has 2 heterocycles. The largest absolute Gasteiger partial charge is 0.297 e. The van der Waals surface area contributed by atoms with Crippen LogP contribution in [0.1, 0.15) is 25.0 Å². The van der Waals surface area contributed by atoms with Crippen LogP contribution in [0.4, 0.5) is 0 Å². The van der Waals surface area contributed by atoms with Crippen molar-refractivity contribution < 1.29 is 0 Å². The van der Waals surface area contributed by atoms with Crippen LogP contribution in [0.25, 0.3) is 16.9 Å². The summed E-state index contributed by atoms with van der Waals surface area (Å²) in [6.07, 6.45) is 3.90. The molecule has 2 aromatic carbocycles. The third-order valence-electron chi connectivity index (χ3n) is 4.81. The Labute approximate surface area is 164 Å². The molecule has 3 nitrogen and oxygen atoms in total. The number of hydrogen-bond donors (Lipinski definition) is 0. The number of halogens is 2. The second-order valence-electron chi connectivity index (χ2n) is 6.75. The van der Waals surface area contributed by atoms with Gasteiger partial charge in [0.2, 0.25) is 0 Å². The van der Waals surface area contributed by atoms with E-state index in [0.717, 1.165) is 52.3 Å². The van der Waals surface area contributed by atoms with Crippen molar-refractivity contribution in [2.45, 2.75) is 25.8 Å². The topological polar surface area (TPSA) is 21.1 Å². The van der Waals surface area contributed by atoms with Crippen LogP contribution in [0.15, 0.2) is 54.6 Å². The van der Waals surface area contributed by atoms with E-state index < -0.39 is 0 Å². The maximum absolute atomic E-state index is 6.06. The van der Waals surface area contributed by atoms with Gasteiger partial charge in [0, 0.05) is 22.2 Å². The molecule has 1 aliphatic rings. The van der Waals surface area contributed by atoms with Crippen molar-refractivity contribution in [2.24, 2.45) is 0 Å². The molecule has 1 fully saturated rings. The molecule has 1 aliphatic heterocycles. The summed E-state index contributed by atoms with van der Waals surface area (Å²) in [7, 11) is 0. The summed E-state index contributed by atoms with van der Waals surface area (Å²) in [6.45, 7) is 3.20. The molecular formula is C21H21Cl2N3. The third kappa shape index (κ3) is 3.96. The number of piperidine rings is 1. The molecule has 4 rings (SSSR count). The predicted molar refractivity (Wildman–Crippen MR) is 108 cm³/mol. The van der Waals surface area contributed by atoms with Gasteiger partial charge in [0.15, 0.2) is 0 Å². The van der Waals surface area contributed by atoms with Gasteiger partial charge in [0.05, 0.1) is 17.1 Å². The van der Waals surface area contributed by atoms with E-state index in [-0.39, 0.29) is 0 Å². The molecule has 26 heavy (non-hydrogen) atoms. The Morgan fingerprint density at radius 2 is 1.42 bits per heavy atom. The van der Waals surface area contributed by atoms with Crippen LogP contribution in [0, 0.1) is 0 Å². The number of aromatic nitrogens is 2. The van der Waals surface area contributed by atoms with Crippen molar-refractivity contribution in [3.05, 3.63) is 70.3 Å². The van der Waals surface area contributed by atoms with Gasteiger partial charge < -0.3 is 0 Å². The highest BCUT2D eigenvalue weighted by molar-refractivity contribution is 6.30. The number of nitrogens with zero attached hydrogens (tertiary/aromatic N) is 3. The van der Waals surface area contributed by atoms with E-state index in [1.807, 2.05) is 53.2 Å². The van der Waals surface area contributed by atoms with Crippen molar-refractivity contribution in [2.75, 3.05) is 13.1 Å². The van der Waals surface area contributed by atoms with Gasteiger partial charge in [-0.3, -0.25) is 4.90 Å². The second kappa shape index (κ2) is 7.83. The summed E-state index contributed by atoms with van der Waals surface area (Å²) in [6, 6.07) is 17.9. The Morgan fingerprint density at radius 1 is 0.808 bits per heavy atom. The van der Waals surface area contributed by atoms with E-state index in [1.165, 1.54) is 19.3 Å². The van der Waals surface area contributed by atoms with Crippen LogP contribution in [-0.4, -0.2) is 27.8 Å². The molecule has 0 spiro atoms. The fourth-order valence-electron chi connectivity index (χ4n) is 3.46. The zero-order valence-corrected chi connectivity index (χ0v) is 16.0. The Morgan fingerprint density at radius 3 is 2.08 bits per heavy atom. The Kier molecular flexibility index (Phi) is 5.30. The fraction of sp³-hybridized carbons (Fsp3) is 0.286. The Bertz CT molecular complexity index is 800. The molecule has 0 saturated carbocycles. The molecule has 0 bridgehead atoms. The zero-order chi connectivity index (χ0) is 17.9. The minimum atomic E-state index is 0.725. The molecule has 0 N–H and O–H groups in total. The van der Waals surface area contributed by atoms with Crippen LogP contribution >= 0.6 is 23.2 Å². The highest BCUT2D eigenvalue weighted by Gasteiger charge is 2.16. The van der Waals surface area contributed by atoms with Gasteiger partial charge in [-0.1, -0.05) is 41.8 Å². The lowest BCUT2D eigenvalue weighted by Crippen LogP contribution is -2.29. The van der Waals surface area contributed by atoms with E-state index in [1.54, 1.807) is 0 Å². The lowest BCUT2D eigenvalue weighted by atomic mass is 10.1. The summed E-state index contributed by atoms with van der Waals surface area (Å²) in [5.41, 5.74) is 4.26. The summed E-state index contributed by atoms with van der Waals surface area (Å²) >= 11 is 12.1. The Hall–Kier alpha value is -1.81.